The van der Waals surface area contributed by atoms with Gasteiger partial charge in [-0.25, -0.2) is 0 Å². The third-order valence-corrected chi connectivity index (χ3v) is 5.34. The molecule has 4 rings (SSSR count). The summed E-state index contributed by atoms with van der Waals surface area (Å²) in [5.74, 6) is 0.332. The predicted octanol–water partition coefficient (Wildman–Crippen LogP) is 4.12. The van der Waals surface area contributed by atoms with E-state index in [4.69, 9.17) is 0 Å². The van der Waals surface area contributed by atoms with Gasteiger partial charge in [0.25, 0.3) is 0 Å². The summed E-state index contributed by atoms with van der Waals surface area (Å²) < 4.78 is 0. The highest BCUT2D eigenvalue weighted by atomic mass is 35.5. The molecule has 0 saturated carbocycles. The van der Waals surface area contributed by atoms with Crippen LogP contribution < -0.4 is 5.32 Å². The first-order chi connectivity index (χ1) is 12.8. The lowest BCUT2D eigenvalue weighted by Crippen LogP contribution is -2.40. The maximum Gasteiger partial charge on any atom is 0.223 e. The van der Waals surface area contributed by atoms with Crippen molar-refractivity contribution in [3.8, 4) is 0 Å². The van der Waals surface area contributed by atoms with Crippen molar-refractivity contribution >= 4 is 29.2 Å². The Morgan fingerprint density at radius 1 is 1.04 bits per heavy atom. The third kappa shape index (κ3) is 4.71. The minimum atomic E-state index is 0. The maximum absolute atomic E-state index is 12.4. The molecule has 0 atom stereocenters. The Balaban J connectivity index is 0.00000210. The number of hydrogen-bond acceptors (Lipinski definition) is 2. The van der Waals surface area contributed by atoms with E-state index in [9.17, 15) is 4.79 Å². The largest absolute Gasteiger partial charge is 0.361 e. The fourth-order valence-electron chi connectivity index (χ4n) is 3.79. The molecule has 1 aliphatic rings. The standard InChI is InChI=1S/C22H25N3O.ClH/c26-22(24-14-17-6-2-1-3-7-17)18-10-12-25(13-11-18)16-19-15-23-21-9-5-4-8-20(19)21;/h1-9,15,18,23H,10-14,16H2,(H,24,26);1H. The smallest absolute Gasteiger partial charge is 0.223 e. The van der Waals surface area contributed by atoms with E-state index < -0.39 is 0 Å². The number of H-pyrrole nitrogens is 1. The normalized spacial score (nSPS) is 15.4. The quantitative estimate of drug-likeness (QED) is 0.696. The van der Waals surface area contributed by atoms with Crippen molar-refractivity contribution in [2.45, 2.75) is 25.9 Å². The van der Waals surface area contributed by atoms with Gasteiger partial charge in [-0.15, -0.1) is 12.4 Å². The van der Waals surface area contributed by atoms with Crippen molar-refractivity contribution in [3.05, 3.63) is 71.9 Å². The Labute approximate surface area is 166 Å². The van der Waals surface area contributed by atoms with E-state index in [1.807, 2.05) is 30.3 Å². The number of nitrogens with one attached hydrogen (secondary N) is 2. The minimum Gasteiger partial charge on any atom is -0.361 e. The summed E-state index contributed by atoms with van der Waals surface area (Å²) in [6.45, 7) is 3.52. The van der Waals surface area contributed by atoms with Crippen molar-refractivity contribution in [2.75, 3.05) is 13.1 Å². The number of nitrogens with zero attached hydrogens (tertiary/aromatic N) is 1. The van der Waals surface area contributed by atoms with Crippen molar-refractivity contribution < 1.29 is 4.79 Å². The molecule has 1 aliphatic heterocycles. The summed E-state index contributed by atoms with van der Waals surface area (Å²) in [4.78, 5) is 18.2. The predicted molar refractivity (Wildman–Crippen MR) is 112 cm³/mol. The van der Waals surface area contributed by atoms with Gasteiger partial charge in [-0.05, 0) is 43.1 Å². The molecule has 4 nitrogen and oxygen atoms in total. The molecule has 0 spiro atoms. The number of rotatable bonds is 5. The number of fused-ring (bicyclic) bond motifs is 1. The van der Waals surface area contributed by atoms with Gasteiger partial charge in [0.15, 0.2) is 0 Å². The number of carbonyl (C=O) groups is 1. The van der Waals surface area contributed by atoms with Gasteiger partial charge in [0, 0.05) is 36.1 Å². The second kappa shape index (κ2) is 9.07. The van der Waals surface area contributed by atoms with Crippen molar-refractivity contribution in [1.82, 2.24) is 15.2 Å². The van der Waals surface area contributed by atoms with Crippen LogP contribution in [0.2, 0.25) is 0 Å². The Hall–Kier alpha value is -2.30. The molecule has 5 heteroatoms. The molecule has 1 aromatic heterocycles. The summed E-state index contributed by atoms with van der Waals surface area (Å²) in [5, 5.41) is 4.39. The van der Waals surface area contributed by atoms with E-state index in [0.29, 0.717) is 6.54 Å². The Kier molecular flexibility index (Phi) is 6.54. The fourth-order valence-corrected chi connectivity index (χ4v) is 3.79. The lowest BCUT2D eigenvalue weighted by atomic mass is 9.95. The van der Waals surface area contributed by atoms with E-state index in [2.05, 4.69) is 45.7 Å². The second-order valence-corrected chi connectivity index (χ2v) is 7.11. The van der Waals surface area contributed by atoms with Gasteiger partial charge < -0.3 is 10.3 Å². The molecular weight excluding hydrogens is 358 g/mol. The van der Waals surface area contributed by atoms with Gasteiger partial charge in [-0.1, -0.05) is 48.5 Å². The Bertz CT molecular complexity index is 869. The highest BCUT2D eigenvalue weighted by Crippen LogP contribution is 2.23. The Morgan fingerprint density at radius 3 is 2.52 bits per heavy atom. The molecule has 142 valence electrons. The zero-order chi connectivity index (χ0) is 17.8. The van der Waals surface area contributed by atoms with Gasteiger partial charge in [0.05, 0.1) is 0 Å². The minimum absolute atomic E-state index is 0. The van der Waals surface area contributed by atoms with Crippen LogP contribution in [0.5, 0.6) is 0 Å². The van der Waals surface area contributed by atoms with E-state index in [1.54, 1.807) is 0 Å². The van der Waals surface area contributed by atoms with Crippen LogP contribution in [0.15, 0.2) is 60.8 Å². The van der Waals surface area contributed by atoms with E-state index in [-0.39, 0.29) is 24.2 Å². The van der Waals surface area contributed by atoms with E-state index >= 15 is 0 Å². The molecule has 27 heavy (non-hydrogen) atoms. The molecule has 2 aromatic carbocycles. The number of benzene rings is 2. The molecule has 2 N–H and O–H groups in total. The lowest BCUT2D eigenvalue weighted by Gasteiger charge is -2.31. The Morgan fingerprint density at radius 2 is 1.74 bits per heavy atom. The van der Waals surface area contributed by atoms with E-state index in [0.717, 1.165) is 38.0 Å². The number of hydrogen-bond donors (Lipinski definition) is 2. The first kappa shape index (κ1) is 19.5. The molecule has 0 aliphatic carbocycles. The average Bonchev–Trinajstić information content (AvgIpc) is 3.10. The van der Waals surface area contributed by atoms with Gasteiger partial charge in [-0.2, -0.15) is 0 Å². The second-order valence-electron chi connectivity index (χ2n) is 7.11. The molecule has 1 saturated heterocycles. The van der Waals surface area contributed by atoms with Crippen LogP contribution in [-0.4, -0.2) is 28.9 Å². The maximum atomic E-state index is 12.4. The van der Waals surface area contributed by atoms with Gasteiger partial charge in [0.2, 0.25) is 5.91 Å². The highest BCUT2D eigenvalue weighted by molar-refractivity contribution is 5.85. The van der Waals surface area contributed by atoms with Gasteiger partial charge in [-0.3, -0.25) is 9.69 Å². The van der Waals surface area contributed by atoms with Crippen LogP contribution in [0.1, 0.15) is 24.0 Å². The van der Waals surface area contributed by atoms with Crippen LogP contribution in [-0.2, 0) is 17.9 Å². The molecule has 0 bridgehead atoms. The number of amides is 1. The first-order valence-electron chi connectivity index (χ1n) is 9.38. The topological polar surface area (TPSA) is 48.1 Å². The monoisotopic (exact) mass is 383 g/mol. The number of likely N-dealkylation sites (tertiary alicyclic amines) is 1. The molecule has 1 amide bonds. The number of para-hydroxylation sites is 1. The van der Waals surface area contributed by atoms with Crippen LogP contribution in [0.3, 0.4) is 0 Å². The fraction of sp³-hybridized carbons (Fsp3) is 0.318. The first-order valence-corrected chi connectivity index (χ1v) is 9.38. The zero-order valence-electron chi connectivity index (χ0n) is 15.4. The molecule has 0 radical (unpaired) electrons. The zero-order valence-corrected chi connectivity index (χ0v) is 16.2. The van der Waals surface area contributed by atoms with Gasteiger partial charge in [0.1, 0.15) is 0 Å². The number of carbonyl (C=O) groups excluding carboxylic acids is 1. The number of aromatic nitrogens is 1. The highest BCUT2D eigenvalue weighted by Gasteiger charge is 2.25. The number of piperidine rings is 1. The summed E-state index contributed by atoms with van der Waals surface area (Å²) in [5.41, 5.74) is 3.68. The molecular formula is C22H26ClN3O. The third-order valence-electron chi connectivity index (χ3n) is 5.34. The van der Waals surface area contributed by atoms with Crippen LogP contribution in [0.25, 0.3) is 10.9 Å². The molecule has 0 unspecified atom stereocenters. The molecule has 1 fully saturated rings. The average molecular weight is 384 g/mol. The summed E-state index contributed by atoms with van der Waals surface area (Å²) in [6, 6.07) is 18.5. The van der Waals surface area contributed by atoms with Crippen LogP contribution in [0, 0.1) is 5.92 Å². The molecule has 2 heterocycles. The van der Waals surface area contributed by atoms with Crippen molar-refractivity contribution in [2.24, 2.45) is 5.92 Å². The van der Waals surface area contributed by atoms with Gasteiger partial charge >= 0.3 is 0 Å². The summed E-state index contributed by atoms with van der Waals surface area (Å²) in [6.07, 6.45) is 3.98. The van der Waals surface area contributed by atoms with Crippen LogP contribution in [0.4, 0.5) is 0 Å². The SMILES string of the molecule is Cl.O=C(NCc1ccccc1)C1CCN(Cc2c[nH]c3ccccc23)CC1. The lowest BCUT2D eigenvalue weighted by molar-refractivity contribution is -0.126. The van der Waals surface area contributed by atoms with Crippen LogP contribution >= 0.6 is 12.4 Å². The van der Waals surface area contributed by atoms with Crippen molar-refractivity contribution in [1.29, 1.82) is 0 Å². The number of aromatic amines is 1. The summed E-state index contributed by atoms with van der Waals surface area (Å²) >= 11 is 0. The summed E-state index contributed by atoms with van der Waals surface area (Å²) in [7, 11) is 0. The number of halogens is 1. The van der Waals surface area contributed by atoms with E-state index in [1.165, 1.54) is 16.5 Å². The molecule has 3 aromatic rings. The van der Waals surface area contributed by atoms with Crippen molar-refractivity contribution in [3.63, 3.8) is 0 Å².